The number of hydrogen-bond donors (Lipinski definition) is 0. The van der Waals surface area contributed by atoms with E-state index in [1.807, 2.05) is 0 Å². The van der Waals surface area contributed by atoms with E-state index in [4.69, 9.17) is 0 Å². The fraction of sp³-hybridized carbons (Fsp3) is 0.308. The standard InChI is InChI=1S/C13H16N/c1-3-6-11-7-4-8-12-9-5-10-14(2)13(11)12/h4-5,7-10H,3,6H2,1-2H3/q+1. The van der Waals surface area contributed by atoms with E-state index in [0.717, 1.165) is 6.42 Å². The Morgan fingerprint density at radius 1 is 1.14 bits per heavy atom. The van der Waals surface area contributed by atoms with Crippen molar-refractivity contribution in [2.75, 3.05) is 0 Å². The third kappa shape index (κ3) is 1.50. The highest BCUT2D eigenvalue weighted by Crippen LogP contribution is 2.15. The Bertz CT molecular complexity index is 441. The van der Waals surface area contributed by atoms with E-state index in [1.165, 1.54) is 22.9 Å². The molecule has 1 aromatic heterocycles. The molecule has 0 atom stereocenters. The van der Waals surface area contributed by atoms with Gasteiger partial charge in [0.05, 0.1) is 0 Å². The van der Waals surface area contributed by atoms with Gasteiger partial charge in [0.2, 0.25) is 5.52 Å². The van der Waals surface area contributed by atoms with Gasteiger partial charge in [0, 0.05) is 17.0 Å². The van der Waals surface area contributed by atoms with Crippen LogP contribution in [0.2, 0.25) is 0 Å². The Labute approximate surface area is 85.0 Å². The van der Waals surface area contributed by atoms with E-state index in [9.17, 15) is 0 Å². The van der Waals surface area contributed by atoms with Crippen molar-refractivity contribution in [1.82, 2.24) is 0 Å². The normalized spacial score (nSPS) is 10.7. The molecule has 0 radical (unpaired) electrons. The zero-order valence-electron chi connectivity index (χ0n) is 8.83. The zero-order chi connectivity index (χ0) is 9.97. The van der Waals surface area contributed by atoms with Crippen LogP contribution in [0.3, 0.4) is 0 Å². The Balaban J connectivity index is 2.71. The van der Waals surface area contributed by atoms with E-state index in [1.54, 1.807) is 0 Å². The van der Waals surface area contributed by atoms with Gasteiger partial charge in [-0.2, -0.15) is 0 Å². The van der Waals surface area contributed by atoms with Gasteiger partial charge in [0.25, 0.3) is 0 Å². The molecule has 1 nitrogen and oxygen atoms in total. The van der Waals surface area contributed by atoms with Crippen LogP contribution in [-0.2, 0) is 13.5 Å². The Kier molecular flexibility index (Phi) is 2.49. The predicted octanol–water partition coefficient (Wildman–Crippen LogP) is 2.62. The van der Waals surface area contributed by atoms with Crippen LogP contribution in [0.15, 0.2) is 36.5 Å². The maximum atomic E-state index is 2.23. The van der Waals surface area contributed by atoms with Crippen molar-refractivity contribution < 1.29 is 4.57 Å². The Morgan fingerprint density at radius 2 is 1.93 bits per heavy atom. The summed E-state index contributed by atoms with van der Waals surface area (Å²) in [5.41, 5.74) is 2.82. The summed E-state index contributed by atoms with van der Waals surface area (Å²) in [7, 11) is 2.11. The minimum absolute atomic E-state index is 1.16. The largest absolute Gasteiger partial charge is 0.215 e. The summed E-state index contributed by atoms with van der Waals surface area (Å²) in [4.78, 5) is 0. The van der Waals surface area contributed by atoms with Gasteiger partial charge in [0.15, 0.2) is 6.20 Å². The fourth-order valence-electron chi connectivity index (χ4n) is 2.00. The summed E-state index contributed by atoms with van der Waals surface area (Å²) in [6, 6.07) is 10.8. The van der Waals surface area contributed by atoms with E-state index in [-0.39, 0.29) is 0 Å². The van der Waals surface area contributed by atoms with Gasteiger partial charge in [-0.3, -0.25) is 0 Å². The van der Waals surface area contributed by atoms with Crippen molar-refractivity contribution in [3.05, 3.63) is 42.1 Å². The van der Waals surface area contributed by atoms with Crippen LogP contribution in [0.25, 0.3) is 10.9 Å². The molecule has 0 aliphatic heterocycles. The third-order valence-corrected chi connectivity index (χ3v) is 2.61. The number of rotatable bonds is 2. The second-order valence-electron chi connectivity index (χ2n) is 3.72. The molecule has 0 saturated carbocycles. The molecule has 0 fully saturated rings. The number of hydrogen-bond acceptors (Lipinski definition) is 0. The van der Waals surface area contributed by atoms with E-state index in [0.29, 0.717) is 0 Å². The summed E-state index contributed by atoms with van der Waals surface area (Å²) < 4.78 is 2.21. The van der Waals surface area contributed by atoms with Crippen molar-refractivity contribution in [1.29, 1.82) is 0 Å². The van der Waals surface area contributed by atoms with Crippen LogP contribution in [0.4, 0.5) is 0 Å². The number of benzene rings is 1. The summed E-state index contributed by atoms with van der Waals surface area (Å²) >= 11 is 0. The lowest BCUT2D eigenvalue weighted by molar-refractivity contribution is -0.645. The quantitative estimate of drug-likeness (QED) is 0.635. The van der Waals surface area contributed by atoms with Crippen LogP contribution >= 0.6 is 0 Å². The molecular weight excluding hydrogens is 170 g/mol. The molecule has 2 aromatic rings. The van der Waals surface area contributed by atoms with E-state index >= 15 is 0 Å². The molecule has 1 heteroatoms. The average Bonchev–Trinajstić information content (AvgIpc) is 2.19. The molecule has 0 saturated heterocycles. The topological polar surface area (TPSA) is 3.88 Å². The van der Waals surface area contributed by atoms with Gasteiger partial charge in [-0.25, -0.2) is 4.57 Å². The van der Waals surface area contributed by atoms with Gasteiger partial charge in [-0.1, -0.05) is 25.5 Å². The number of nitrogens with zero attached hydrogens (tertiary/aromatic N) is 1. The monoisotopic (exact) mass is 186 g/mol. The van der Waals surface area contributed by atoms with Crippen molar-refractivity contribution in [2.45, 2.75) is 19.8 Å². The summed E-state index contributed by atoms with van der Waals surface area (Å²) in [5, 5.41) is 1.33. The van der Waals surface area contributed by atoms with Crippen molar-refractivity contribution in [2.24, 2.45) is 7.05 Å². The number of aryl methyl sites for hydroxylation is 2. The van der Waals surface area contributed by atoms with E-state index < -0.39 is 0 Å². The minimum Gasteiger partial charge on any atom is -0.201 e. The third-order valence-electron chi connectivity index (χ3n) is 2.61. The lowest BCUT2D eigenvalue weighted by Gasteiger charge is -2.02. The first-order valence-corrected chi connectivity index (χ1v) is 5.19. The fourth-order valence-corrected chi connectivity index (χ4v) is 2.00. The number of aromatic nitrogens is 1. The second kappa shape index (κ2) is 3.79. The smallest absolute Gasteiger partial charge is 0.201 e. The van der Waals surface area contributed by atoms with Gasteiger partial charge >= 0.3 is 0 Å². The molecule has 72 valence electrons. The summed E-state index contributed by atoms with van der Waals surface area (Å²) in [6.07, 6.45) is 4.48. The molecule has 14 heavy (non-hydrogen) atoms. The van der Waals surface area contributed by atoms with Crippen molar-refractivity contribution >= 4 is 10.9 Å². The highest BCUT2D eigenvalue weighted by molar-refractivity contribution is 5.78. The van der Waals surface area contributed by atoms with Crippen LogP contribution in [0, 0.1) is 0 Å². The van der Waals surface area contributed by atoms with E-state index in [2.05, 4.69) is 55.1 Å². The van der Waals surface area contributed by atoms with Crippen molar-refractivity contribution in [3.8, 4) is 0 Å². The molecular formula is C13H16N+. The summed E-state index contributed by atoms with van der Waals surface area (Å²) in [5.74, 6) is 0. The molecule has 0 N–H and O–H groups in total. The predicted molar refractivity (Wildman–Crippen MR) is 59.1 cm³/mol. The molecule has 0 unspecified atom stereocenters. The maximum Gasteiger partial charge on any atom is 0.215 e. The van der Waals surface area contributed by atoms with Crippen LogP contribution in [0.5, 0.6) is 0 Å². The number of fused-ring (bicyclic) bond motifs is 1. The highest BCUT2D eigenvalue weighted by atomic mass is 14.9. The van der Waals surface area contributed by atoms with Gasteiger partial charge in [-0.05, 0) is 18.6 Å². The lowest BCUT2D eigenvalue weighted by atomic mass is 10.1. The highest BCUT2D eigenvalue weighted by Gasteiger charge is 2.08. The first-order valence-electron chi connectivity index (χ1n) is 5.19. The van der Waals surface area contributed by atoms with Gasteiger partial charge < -0.3 is 0 Å². The summed E-state index contributed by atoms with van der Waals surface area (Å²) in [6.45, 7) is 2.22. The first kappa shape index (κ1) is 9.20. The maximum absolute atomic E-state index is 2.23. The average molecular weight is 186 g/mol. The SMILES string of the molecule is CCCc1cccc2ccc[n+](C)c12. The molecule has 0 aliphatic rings. The molecule has 1 heterocycles. The van der Waals surface area contributed by atoms with Crippen LogP contribution < -0.4 is 4.57 Å². The second-order valence-corrected chi connectivity index (χ2v) is 3.72. The Morgan fingerprint density at radius 3 is 2.71 bits per heavy atom. The Hall–Kier alpha value is -1.37. The van der Waals surface area contributed by atoms with Crippen molar-refractivity contribution in [3.63, 3.8) is 0 Å². The van der Waals surface area contributed by atoms with Gasteiger partial charge in [0.1, 0.15) is 7.05 Å². The molecule has 0 amide bonds. The van der Waals surface area contributed by atoms with Gasteiger partial charge in [-0.15, -0.1) is 0 Å². The molecule has 0 bridgehead atoms. The number of para-hydroxylation sites is 1. The number of pyridine rings is 1. The molecule has 0 aliphatic carbocycles. The molecule has 1 aromatic carbocycles. The first-order chi connectivity index (χ1) is 6.83. The van der Waals surface area contributed by atoms with Crippen LogP contribution in [0.1, 0.15) is 18.9 Å². The lowest BCUT2D eigenvalue weighted by Crippen LogP contribution is -2.29. The minimum atomic E-state index is 1.16. The van der Waals surface area contributed by atoms with Crippen LogP contribution in [-0.4, -0.2) is 0 Å². The molecule has 2 rings (SSSR count). The molecule has 0 spiro atoms. The zero-order valence-corrected chi connectivity index (χ0v) is 8.83.